The topological polar surface area (TPSA) is 94.2 Å². The minimum absolute atomic E-state index is 0.0343. The van der Waals surface area contributed by atoms with Crippen LogP contribution in [0.2, 0.25) is 5.02 Å². The van der Waals surface area contributed by atoms with E-state index in [1.54, 1.807) is 85.8 Å². The van der Waals surface area contributed by atoms with Crippen LogP contribution in [0.5, 0.6) is 23.0 Å². The number of anilines is 2. The van der Waals surface area contributed by atoms with Gasteiger partial charge in [-0.2, -0.15) is 0 Å². The third kappa shape index (κ3) is 6.63. The van der Waals surface area contributed by atoms with Gasteiger partial charge in [0.25, 0.3) is 10.0 Å². The van der Waals surface area contributed by atoms with Crippen molar-refractivity contribution in [2.45, 2.75) is 11.8 Å². The van der Waals surface area contributed by atoms with Crippen molar-refractivity contribution in [1.82, 2.24) is 0 Å². The molecule has 0 aromatic heterocycles. The number of carbonyl (C=O) groups excluding carboxylic acids is 1. The highest BCUT2D eigenvalue weighted by atomic mass is 35.5. The van der Waals surface area contributed by atoms with Crippen LogP contribution in [0.4, 0.5) is 11.4 Å². The summed E-state index contributed by atoms with van der Waals surface area (Å²) in [5.41, 5.74) is 0.489. The quantitative estimate of drug-likeness (QED) is 0.227. The lowest BCUT2D eigenvalue weighted by molar-refractivity contribution is -0.114. The van der Waals surface area contributed by atoms with Gasteiger partial charge in [0.05, 0.1) is 30.0 Å². The van der Waals surface area contributed by atoms with Crippen molar-refractivity contribution in [3.8, 4) is 23.0 Å². The van der Waals surface area contributed by atoms with Gasteiger partial charge in [0, 0.05) is 5.02 Å². The Labute approximate surface area is 232 Å². The highest BCUT2D eigenvalue weighted by Gasteiger charge is 2.29. The number of methoxy groups -OCH3 is 1. The number of nitrogens with one attached hydrogen (secondary N) is 1. The van der Waals surface area contributed by atoms with E-state index in [2.05, 4.69) is 5.32 Å². The van der Waals surface area contributed by atoms with E-state index in [0.29, 0.717) is 34.6 Å². The first-order valence-corrected chi connectivity index (χ1v) is 13.8. The molecule has 0 fully saturated rings. The van der Waals surface area contributed by atoms with E-state index in [1.807, 2.05) is 0 Å². The molecule has 4 aromatic rings. The number of carbonyl (C=O) groups is 1. The summed E-state index contributed by atoms with van der Waals surface area (Å²) in [7, 11) is -2.62. The number of hydrogen-bond acceptors (Lipinski definition) is 6. The summed E-state index contributed by atoms with van der Waals surface area (Å²) >= 11 is 6.22. The maximum absolute atomic E-state index is 13.7. The van der Waals surface area contributed by atoms with Gasteiger partial charge in [-0.05, 0) is 61.5 Å². The summed E-state index contributed by atoms with van der Waals surface area (Å²) in [6, 6.07) is 26.3. The lowest BCUT2D eigenvalue weighted by Crippen LogP contribution is -2.38. The van der Waals surface area contributed by atoms with Crippen LogP contribution in [0.3, 0.4) is 0 Å². The summed E-state index contributed by atoms with van der Waals surface area (Å²) < 4.78 is 45.6. The fraction of sp³-hybridized carbons (Fsp3) is 0.138. The third-order valence-corrected chi connectivity index (χ3v) is 7.57. The molecule has 0 saturated carbocycles. The molecule has 0 saturated heterocycles. The molecule has 39 heavy (non-hydrogen) atoms. The van der Waals surface area contributed by atoms with E-state index in [9.17, 15) is 13.2 Å². The Morgan fingerprint density at radius 1 is 0.846 bits per heavy atom. The molecule has 0 bridgehead atoms. The van der Waals surface area contributed by atoms with Crippen molar-refractivity contribution < 1.29 is 27.4 Å². The smallest absolute Gasteiger partial charge is 0.264 e. The van der Waals surface area contributed by atoms with Gasteiger partial charge in [-0.1, -0.05) is 54.1 Å². The lowest BCUT2D eigenvalue weighted by Gasteiger charge is -2.26. The van der Waals surface area contributed by atoms with E-state index in [4.69, 9.17) is 25.8 Å². The molecule has 0 aliphatic carbocycles. The van der Waals surface area contributed by atoms with E-state index >= 15 is 0 Å². The fourth-order valence-corrected chi connectivity index (χ4v) is 5.42. The lowest BCUT2D eigenvalue weighted by atomic mass is 10.2. The molecule has 0 atom stereocenters. The number of amides is 1. The number of benzene rings is 4. The van der Waals surface area contributed by atoms with E-state index in [1.165, 1.54) is 25.3 Å². The van der Waals surface area contributed by atoms with Gasteiger partial charge in [0.15, 0.2) is 17.2 Å². The summed E-state index contributed by atoms with van der Waals surface area (Å²) in [6.07, 6.45) is 0. The molecule has 0 heterocycles. The monoisotopic (exact) mass is 566 g/mol. The average Bonchev–Trinajstić information content (AvgIpc) is 2.94. The summed E-state index contributed by atoms with van der Waals surface area (Å²) in [5.74, 6) is 0.932. The van der Waals surface area contributed by atoms with Gasteiger partial charge in [-0.3, -0.25) is 9.10 Å². The van der Waals surface area contributed by atoms with Gasteiger partial charge < -0.3 is 19.5 Å². The SMILES string of the molecule is CCOc1ccccc1N(CC(=O)Nc1cc(Cl)ccc1Oc1ccccc1OC)S(=O)(=O)c1ccccc1. The zero-order chi connectivity index (χ0) is 27.8. The number of hydrogen-bond donors (Lipinski definition) is 1. The van der Waals surface area contributed by atoms with Crippen molar-refractivity contribution in [1.29, 1.82) is 0 Å². The predicted octanol–water partition coefficient (Wildman–Crippen LogP) is 6.37. The maximum atomic E-state index is 13.7. The molecule has 8 nitrogen and oxygen atoms in total. The second-order valence-corrected chi connectivity index (χ2v) is 10.5. The van der Waals surface area contributed by atoms with Crippen LogP contribution in [0.15, 0.2) is 102 Å². The highest BCUT2D eigenvalue weighted by molar-refractivity contribution is 7.92. The standard InChI is InChI=1S/C29H27ClN2O6S/c1-3-37-26-14-8-7-13-24(26)32(39(34,35)22-11-5-4-6-12-22)20-29(33)31-23-19-21(30)17-18-25(23)38-28-16-10-9-15-27(28)36-2/h4-19H,3,20H2,1-2H3,(H,31,33). The van der Waals surface area contributed by atoms with Crippen LogP contribution in [-0.2, 0) is 14.8 Å². The zero-order valence-corrected chi connectivity index (χ0v) is 22.9. The number of para-hydroxylation sites is 4. The van der Waals surface area contributed by atoms with E-state index in [-0.39, 0.29) is 16.3 Å². The van der Waals surface area contributed by atoms with Crippen molar-refractivity contribution in [3.63, 3.8) is 0 Å². The number of rotatable bonds is 11. The summed E-state index contributed by atoms with van der Waals surface area (Å²) in [4.78, 5) is 13.4. The predicted molar refractivity (Wildman–Crippen MR) is 152 cm³/mol. The van der Waals surface area contributed by atoms with Gasteiger partial charge >= 0.3 is 0 Å². The van der Waals surface area contributed by atoms with Crippen LogP contribution in [0.1, 0.15) is 6.92 Å². The van der Waals surface area contributed by atoms with Crippen molar-refractivity contribution in [2.24, 2.45) is 0 Å². The first kappa shape index (κ1) is 27.8. The Hall–Kier alpha value is -4.21. The van der Waals surface area contributed by atoms with Crippen LogP contribution in [0, 0.1) is 0 Å². The molecule has 1 amide bonds. The van der Waals surface area contributed by atoms with Crippen LogP contribution in [-0.4, -0.2) is 34.6 Å². The molecule has 0 aliphatic rings. The molecule has 0 spiro atoms. The molecule has 0 radical (unpaired) electrons. The van der Waals surface area contributed by atoms with Crippen LogP contribution >= 0.6 is 11.6 Å². The maximum Gasteiger partial charge on any atom is 0.264 e. The summed E-state index contributed by atoms with van der Waals surface area (Å²) in [6.45, 7) is 1.57. The molecule has 0 aliphatic heterocycles. The second kappa shape index (κ2) is 12.6. The molecule has 4 rings (SSSR count). The molecule has 10 heteroatoms. The number of nitrogens with zero attached hydrogens (tertiary/aromatic N) is 1. The Bertz CT molecular complexity index is 1550. The Morgan fingerprint density at radius 2 is 1.49 bits per heavy atom. The Morgan fingerprint density at radius 3 is 2.18 bits per heavy atom. The number of sulfonamides is 1. The molecular weight excluding hydrogens is 540 g/mol. The summed E-state index contributed by atoms with van der Waals surface area (Å²) in [5, 5.41) is 3.10. The van der Waals surface area contributed by atoms with Gasteiger partial charge in [-0.25, -0.2) is 8.42 Å². The zero-order valence-electron chi connectivity index (χ0n) is 21.3. The second-order valence-electron chi connectivity index (χ2n) is 8.17. The molecule has 1 N–H and O–H groups in total. The van der Waals surface area contributed by atoms with Gasteiger partial charge in [0.1, 0.15) is 12.3 Å². The van der Waals surface area contributed by atoms with Crippen LogP contribution in [0.25, 0.3) is 0 Å². The molecular formula is C29H27ClN2O6S. The number of ether oxygens (including phenoxy) is 3. The van der Waals surface area contributed by atoms with E-state index < -0.39 is 22.5 Å². The first-order chi connectivity index (χ1) is 18.8. The molecule has 4 aromatic carbocycles. The number of halogens is 1. The first-order valence-electron chi connectivity index (χ1n) is 12.0. The van der Waals surface area contributed by atoms with Gasteiger partial charge in [0.2, 0.25) is 5.91 Å². The average molecular weight is 567 g/mol. The van der Waals surface area contributed by atoms with Gasteiger partial charge in [-0.15, -0.1) is 0 Å². The van der Waals surface area contributed by atoms with Crippen molar-refractivity contribution in [3.05, 3.63) is 102 Å². The Balaban J connectivity index is 1.68. The largest absolute Gasteiger partial charge is 0.493 e. The normalized spacial score (nSPS) is 10.9. The molecule has 0 unspecified atom stereocenters. The van der Waals surface area contributed by atoms with Crippen molar-refractivity contribution in [2.75, 3.05) is 29.9 Å². The van der Waals surface area contributed by atoms with Crippen LogP contribution < -0.4 is 23.8 Å². The van der Waals surface area contributed by atoms with Crippen molar-refractivity contribution >= 4 is 38.9 Å². The van der Waals surface area contributed by atoms with E-state index in [0.717, 1.165) is 4.31 Å². The Kier molecular flexibility index (Phi) is 8.96. The minimum atomic E-state index is -4.14. The molecule has 202 valence electrons. The third-order valence-electron chi connectivity index (χ3n) is 5.56. The highest BCUT2D eigenvalue weighted by Crippen LogP contribution is 2.37. The fourth-order valence-electron chi connectivity index (χ4n) is 3.79. The minimum Gasteiger partial charge on any atom is -0.493 e.